The Morgan fingerprint density at radius 1 is 1.26 bits per heavy atom. The number of hydrogen-bond donors (Lipinski definition) is 1. The molecule has 0 radical (unpaired) electrons. The topological polar surface area (TPSA) is 37.3 Å². The molecule has 0 bridgehead atoms. The monoisotopic (exact) mass is 260 g/mol. The van der Waals surface area contributed by atoms with E-state index in [4.69, 9.17) is 5.11 Å². The van der Waals surface area contributed by atoms with Crippen molar-refractivity contribution in [1.29, 1.82) is 0 Å². The van der Waals surface area contributed by atoms with Gasteiger partial charge in [-0.2, -0.15) is 0 Å². The molecule has 2 heteroatoms. The summed E-state index contributed by atoms with van der Waals surface area (Å²) in [4.78, 5) is 10.4. The zero-order valence-electron chi connectivity index (χ0n) is 11.9. The minimum Gasteiger partial charge on any atom is -0.478 e. The second-order valence-corrected chi connectivity index (χ2v) is 5.03. The van der Waals surface area contributed by atoms with Crippen LogP contribution in [0.5, 0.6) is 0 Å². The van der Waals surface area contributed by atoms with E-state index in [1.165, 1.54) is 37.3 Å². The predicted octanol–water partition coefficient (Wildman–Crippen LogP) is 4.54. The molecule has 1 atom stereocenters. The molecule has 1 unspecified atom stereocenters. The van der Waals surface area contributed by atoms with Crippen LogP contribution in [0.15, 0.2) is 30.3 Å². The summed E-state index contributed by atoms with van der Waals surface area (Å²) in [5.74, 6) is -0.143. The smallest absolute Gasteiger partial charge is 0.328 e. The van der Waals surface area contributed by atoms with Crippen LogP contribution in [0, 0.1) is 5.92 Å². The molecule has 0 amide bonds. The van der Waals surface area contributed by atoms with Gasteiger partial charge in [0.1, 0.15) is 0 Å². The van der Waals surface area contributed by atoms with E-state index in [0.29, 0.717) is 0 Å². The summed E-state index contributed by atoms with van der Waals surface area (Å²) in [5.41, 5.74) is 2.28. The van der Waals surface area contributed by atoms with E-state index in [1.807, 2.05) is 12.1 Å². The van der Waals surface area contributed by atoms with Crippen LogP contribution >= 0.6 is 0 Å². The summed E-state index contributed by atoms with van der Waals surface area (Å²) >= 11 is 0. The number of carbonyl (C=O) groups is 1. The van der Waals surface area contributed by atoms with Gasteiger partial charge >= 0.3 is 5.97 Å². The number of unbranched alkanes of at least 4 members (excludes halogenated alkanes) is 1. The maximum Gasteiger partial charge on any atom is 0.328 e. The molecule has 1 aromatic carbocycles. The molecule has 19 heavy (non-hydrogen) atoms. The molecule has 0 aliphatic rings. The molecule has 104 valence electrons. The molecule has 1 aromatic rings. The molecule has 0 aliphatic heterocycles. The van der Waals surface area contributed by atoms with Gasteiger partial charge in [0.15, 0.2) is 0 Å². The van der Waals surface area contributed by atoms with Gasteiger partial charge in [0.2, 0.25) is 0 Å². The van der Waals surface area contributed by atoms with Gasteiger partial charge in [0.05, 0.1) is 0 Å². The highest BCUT2D eigenvalue weighted by atomic mass is 16.4. The molecular weight excluding hydrogens is 236 g/mol. The van der Waals surface area contributed by atoms with Crippen LogP contribution in [-0.4, -0.2) is 11.1 Å². The van der Waals surface area contributed by atoms with Crippen LogP contribution in [0.2, 0.25) is 0 Å². The zero-order valence-corrected chi connectivity index (χ0v) is 11.9. The normalized spacial score (nSPS) is 12.7. The summed E-state index contributed by atoms with van der Waals surface area (Å²) in [7, 11) is 0. The van der Waals surface area contributed by atoms with E-state index in [2.05, 4.69) is 26.0 Å². The van der Waals surface area contributed by atoms with Gasteiger partial charge in [-0.15, -0.1) is 0 Å². The van der Waals surface area contributed by atoms with Crippen LogP contribution in [0.1, 0.15) is 50.7 Å². The Morgan fingerprint density at radius 2 is 1.95 bits per heavy atom. The average Bonchev–Trinajstić information content (AvgIpc) is 2.42. The first-order valence-corrected chi connectivity index (χ1v) is 7.15. The maximum absolute atomic E-state index is 10.4. The number of rotatable bonds is 8. The molecule has 1 N–H and O–H groups in total. The number of carboxylic acid groups (broad SMARTS) is 1. The van der Waals surface area contributed by atoms with Crippen molar-refractivity contribution in [2.75, 3.05) is 0 Å². The van der Waals surface area contributed by atoms with Crippen molar-refractivity contribution in [3.8, 4) is 0 Å². The molecular formula is C17H24O2. The van der Waals surface area contributed by atoms with Crippen molar-refractivity contribution in [2.45, 2.75) is 46.0 Å². The van der Waals surface area contributed by atoms with Crippen molar-refractivity contribution in [1.82, 2.24) is 0 Å². The molecule has 0 fully saturated rings. The minimum atomic E-state index is -0.908. The quantitative estimate of drug-likeness (QED) is 0.696. The molecule has 1 rings (SSSR count). The SMILES string of the molecule is CCCCC(CC)Cc1ccc(C=CC(=O)O)cc1. The average molecular weight is 260 g/mol. The highest BCUT2D eigenvalue weighted by Gasteiger charge is 2.06. The van der Waals surface area contributed by atoms with E-state index >= 15 is 0 Å². The third kappa shape index (κ3) is 6.23. The van der Waals surface area contributed by atoms with Gasteiger partial charge in [-0.25, -0.2) is 4.79 Å². The number of carboxylic acids is 1. The Bertz CT molecular complexity index is 404. The lowest BCUT2D eigenvalue weighted by atomic mass is 9.92. The Kier molecular flexibility index (Phi) is 6.94. The molecule has 0 aromatic heterocycles. The lowest BCUT2D eigenvalue weighted by molar-refractivity contribution is -0.131. The molecule has 0 spiro atoms. The molecule has 2 nitrogen and oxygen atoms in total. The van der Waals surface area contributed by atoms with Crippen LogP contribution in [0.3, 0.4) is 0 Å². The Morgan fingerprint density at radius 3 is 2.47 bits per heavy atom. The van der Waals surface area contributed by atoms with E-state index in [9.17, 15) is 4.79 Å². The third-order valence-electron chi connectivity index (χ3n) is 3.47. The summed E-state index contributed by atoms with van der Waals surface area (Å²) in [6, 6.07) is 8.19. The van der Waals surface area contributed by atoms with E-state index in [-0.39, 0.29) is 0 Å². The summed E-state index contributed by atoms with van der Waals surface area (Å²) in [5, 5.41) is 8.58. The lowest BCUT2D eigenvalue weighted by Gasteiger charge is -2.14. The van der Waals surface area contributed by atoms with E-state index in [1.54, 1.807) is 6.08 Å². The summed E-state index contributed by atoms with van der Waals surface area (Å²) in [6.07, 6.45) is 9.01. The molecule has 0 aliphatic carbocycles. The second-order valence-electron chi connectivity index (χ2n) is 5.03. The summed E-state index contributed by atoms with van der Waals surface area (Å²) in [6.45, 7) is 4.49. The second kappa shape index (κ2) is 8.52. The minimum absolute atomic E-state index is 0.764. The zero-order chi connectivity index (χ0) is 14.1. The van der Waals surface area contributed by atoms with Crippen molar-refractivity contribution in [3.63, 3.8) is 0 Å². The first-order chi connectivity index (χ1) is 9.15. The van der Waals surface area contributed by atoms with Crippen LogP contribution < -0.4 is 0 Å². The fourth-order valence-electron chi connectivity index (χ4n) is 2.21. The maximum atomic E-state index is 10.4. The van der Waals surface area contributed by atoms with Crippen LogP contribution in [0.25, 0.3) is 6.08 Å². The predicted molar refractivity (Wildman–Crippen MR) is 80.1 cm³/mol. The van der Waals surface area contributed by atoms with E-state index < -0.39 is 5.97 Å². The van der Waals surface area contributed by atoms with Gasteiger partial charge in [-0.1, -0.05) is 63.8 Å². The third-order valence-corrected chi connectivity index (χ3v) is 3.47. The first kappa shape index (κ1) is 15.5. The van der Waals surface area contributed by atoms with Crippen molar-refractivity contribution >= 4 is 12.0 Å². The fraction of sp³-hybridized carbons (Fsp3) is 0.471. The molecule has 0 saturated carbocycles. The number of aliphatic carboxylic acids is 1. The highest BCUT2D eigenvalue weighted by molar-refractivity contribution is 5.85. The lowest BCUT2D eigenvalue weighted by Crippen LogP contribution is -2.03. The van der Waals surface area contributed by atoms with Crippen LogP contribution in [-0.2, 0) is 11.2 Å². The number of hydrogen-bond acceptors (Lipinski definition) is 1. The van der Waals surface area contributed by atoms with Crippen molar-refractivity contribution < 1.29 is 9.90 Å². The van der Waals surface area contributed by atoms with Crippen molar-refractivity contribution in [3.05, 3.63) is 41.5 Å². The number of benzene rings is 1. The van der Waals surface area contributed by atoms with E-state index in [0.717, 1.165) is 17.9 Å². The Balaban J connectivity index is 2.57. The molecule has 0 heterocycles. The van der Waals surface area contributed by atoms with Gasteiger partial charge in [-0.05, 0) is 29.5 Å². The van der Waals surface area contributed by atoms with Gasteiger partial charge in [-0.3, -0.25) is 0 Å². The first-order valence-electron chi connectivity index (χ1n) is 7.15. The van der Waals surface area contributed by atoms with Gasteiger partial charge < -0.3 is 5.11 Å². The Labute approximate surface area is 116 Å². The molecule has 0 saturated heterocycles. The van der Waals surface area contributed by atoms with Gasteiger partial charge in [0, 0.05) is 6.08 Å². The van der Waals surface area contributed by atoms with Gasteiger partial charge in [0.25, 0.3) is 0 Å². The van der Waals surface area contributed by atoms with Crippen molar-refractivity contribution in [2.24, 2.45) is 5.92 Å². The standard InChI is InChI=1S/C17H24O2/c1-3-5-6-14(4-2)13-16-9-7-15(8-10-16)11-12-17(18)19/h7-12,14H,3-6,13H2,1-2H3,(H,18,19). The summed E-state index contributed by atoms with van der Waals surface area (Å²) < 4.78 is 0. The fourth-order valence-corrected chi connectivity index (χ4v) is 2.21. The largest absolute Gasteiger partial charge is 0.478 e. The van der Waals surface area contributed by atoms with Crippen LogP contribution in [0.4, 0.5) is 0 Å². The Hall–Kier alpha value is -1.57. The highest BCUT2D eigenvalue weighted by Crippen LogP contribution is 2.19.